The summed E-state index contributed by atoms with van der Waals surface area (Å²) in [6, 6.07) is 13.3. The first kappa shape index (κ1) is 10.2. The number of oxazole rings is 1. The van der Waals surface area contributed by atoms with Gasteiger partial charge in [-0.3, -0.25) is 0 Å². The fourth-order valence-electron chi connectivity index (χ4n) is 2.23. The van der Waals surface area contributed by atoms with Crippen molar-refractivity contribution >= 4 is 27.8 Å². The fourth-order valence-corrected chi connectivity index (χ4v) is 2.23. The van der Waals surface area contributed by atoms with Crippen molar-refractivity contribution < 1.29 is 8.83 Å². The van der Waals surface area contributed by atoms with Crippen LogP contribution in [0.4, 0.5) is 5.69 Å². The van der Waals surface area contributed by atoms with Crippen LogP contribution in [0.5, 0.6) is 0 Å². The molecule has 2 aromatic heterocycles. The Morgan fingerprint density at radius 3 is 2.68 bits per heavy atom. The molecule has 0 saturated heterocycles. The van der Waals surface area contributed by atoms with Crippen LogP contribution in [0.25, 0.3) is 33.5 Å². The molecule has 0 bridgehead atoms. The van der Waals surface area contributed by atoms with Crippen molar-refractivity contribution in [2.45, 2.75) is 0 Å². The van der Waals surface area contributed by atoms with E-state index < -0.39 is 0 Å². The topological polar surface area (TPSA) is 65.2 Å². The number of anilines is 1. The van der Waals surface area contributed by atoms with Gasteiger partial charge in [-0.25, -0.2) is 4.98 Å². The van der Waals surface area contributed by atoms with Gasteiger partial charge in [-0.05, 0) is 18.2 Å². The molecule has 4 rings (SSSR count). The van der Waals surface area contributed by atoms with Gasteiger partial charge in [-0.2, -0.15) is 0 Å². The maximum Gasteiger partial charge on any atom is 0.231 e. The molecule has 0 atom stereocenters. The lowest BCUT2D eigenvalue weighted by Gasteiger charge is -1.90. The summed E-state index contributed by atoms with van der Waals surface area (Å²) in [5.41, 5.74) is 9.52. The van der Waals surface area contributed by atoms with Crippen molar-refractivity contribution in [3.63, 3.8) is 0 Å². The summed E-state index contributed by atoms with van der Waals surface area (Å²) in [5.74, 6) is 0.526. The smallest absolute Gasteiger partial charge is 0.231 e. The minimum atomic E-state index is 0.526. The highest BCUT2D eigenvalue weighted by molar-refractivity contribution is 5.94. The first-order chi connectivity index (χ1) is 9.33. The molecule has 2 heterocycles. The van der Waals surface area contributed by atoms with Gasteiger partial charge in [0.2, 0.25) is 5.89 Å². The molecule has 0 fully saturated rings. The predicted molar refractivity (Wildman–Crippen MR) is 73.6 cm³/mol. The van der Waals surface area contributed by atoms with E-state index in [9.17, 15) is 0 Å². The number of para-hydroxylation sites is 2. The van der Waals surface area contributed by atoms with E-state index >= 15 is 0 Å². The third-order valence-electron chi connectivity index (χ3n) is 3.16. The van der Waals surface area contributed by atoms with Gasteiger partial charge in [0.05, 0.1) is 11.3 Å². The minimum Gasteiger partial charge on any atom is -0.463 e. The summed E-state index contributed by atoms with van der Waals surface area (Å²) in [7, 11) is 0. The predicted octanol–water partition coefficient (Wildman–Crippen LogP) is 3.82. The Balaban J connectivity index is 2.02. The Hall–Kier alpha value is -2.75. The minimum absolute atomic E-state index is 0.526. The number of nitrogens with two attached hydrogens (primary N) is 1. The highest BCUT2D eigenvalue weighted by Gasteiger charge is 2.14. The Bertz CT molecular complexity index is 889. The summed E-state index contributed by atoms with van der Waals surface area (Å²) in [4.78, 5) is 4.45. The number of nitrogens with zero attached hydrogens (tertiary/aromatic N) is 1. The molecule has 4 aromatic rings. The lowest BCUT2D eigenvalue weighted by molar-refractivity contribution is 0.601. The van der Waals surface area contributed by atoms with E-state index in [0.717, 1.165) is 16.5 Å². The average Bonchev–Trinajstić information content (AvgIpc) is 3.02. The third-order valence-corrected chi connectivity index (χ3v) is 3.16. The molecule has 0 amide bonds. The second-order valence-electron chi connectivity index (χ2n) is 4.36. The largest absolute Gasteiger partial charge is 0.463 e. The zero-order valence-corrected chi connectivity index (χ0v) is 9.96. The highest BCUT2D eigenvalue weighted by Crippen LogP contribution is 2.33. The van der Waals surface area contributed by atoms with Gasteiger partial charge < -0.3 is 14.6 Å². The molecule has 4 nitrogen and oxygen atoms in total. The lowest BCUT2D eigenvalue weighted by atomic mass is 10.2. The maximum atomic E-state index is 5.89. The fraction of sp³-hybridized carbons (Fsp3) is 0. The number of hydrogen-bond donors (Lipinski definition) is 1. The molecule has 19 heavy (non-hydrogen) atoms. The highest BCUT2D eigenvalue weighted by atomic mass is 16.4. The van der Waals surface area contributed by atoms with E-state index in [4.69, 9.17) is 14.6 Å². The Labute approximate surface area is 108 Å². The van der Waals surface area contributed by atoms with Crippen LogP contribution < -0.4 is 5.73 Å². The molecule has 92 valence electrons. The summed E-state index contributed by atoms with van der Waals surface area (Å²) in [6.45, 7) is 0. The number of rotatable bonds is 1. The molecule has 0 aliphatic rings. The standard InChI is InChI=1S/C15H10N2O2/c16-11-5-3-7-13-14(11)17-15(19-13)10-8-18-12-6-2-1-4-9(10)12/h1-8H,16H2. The van der Waals surface area contributed by atoms with Gasteiger partial charge in [0.15, 0.2) is 5.58 Å². The van der Waals surface area contributed by atoms with Crippen LogP contribution in [0, 0.1) is 0 Å². The summed E-state index contributed by atoms with van der Waals surface area (Å²) < 4.78 is 11.2. The molecular weight excluding hydrogens is 240 g/mol. The monoisotopic (exact) mass is 250 g/mol. The molecular formula is C15H10N2O2. The van der Waals surface area contributed by atoms with Crippen molar-refractivity contribution in [1.82, 2.24) is 4.98 Å². The van der Waals surface area contributed by atoms with Crippen molar-refractivity contribution in [3.8, 4) is 11.5 Å². The molecule has 4 heteroatoms. The molecule has 0 aliphatic heterocycles. The number of hydrogen-bond acceptors (Lipinski definition) is 4. The van der Waals surface area contributed by atoms with Crippen molar-refractivity contribution in [3.05, 3.63) is 48.7 Å². The average molecular weight is 250 g/mol. The molecule has 0 aliphatic carbocycles. The van der Waals surface area contributed by atoms with E-state index in [1.54, 1.807) is 6.26 Å². The molecule has 0 saturated carbocycles. The number of aromatic nitrogens is 1. The van der Waals surface area contributed by atoms with E-state index in [1.165, 1.54) is 0 Å². The summed E-state index contributed by atoms with van der Waals surface area (Å²) in [6.07, 6.45) is 1.66. The summed E-state index contributed by atoms with van der Waals surface area (Å²) in [5, 5.41) is 0.979. The Morgan fingerprint density at radius 1 is 0.947 bits per heavy atom. The zero-order chi connectivity index (χ0) is 12.8. The van der Waals surface area contributed by atoms with E-state index in [1.807, 2.05) is 42.5 Å². The molecule has 2 N–H and O–H groups in total. The molecule has 2 aromatic carbocycles. The van der Waals surface area contributed by atoms with E-state index in [-0.39, 0.29) is 0 Å². The molecule has 0 radical (unpaired) electrons. The first-order valence-corrected chi connectivity index (χ1v) is 5.94. The van der Waals surface area contributed by atoms with Crippen molar-refractivity contribution in [2.24, 2.45) is 0 Å². The lowest BCUT2D eigenvalue weighted by Crippen LogP contribution is -1.84. The molecule has 0 unspecified atom stereocenters. The van der Waals surface area contributed by atoms with Gasteiger partial charge in [-0.15, -0.1) is 0 Å². The van der Waals surface area contributed by atoms with Crippen LogP contribution >= 0.6 is 0 Å². The third kappa shape index (κ3) is 1.43. The van der Waals surface area contributed by atoms with Crippen molar-refractivity contribution in [1.29, 1.82) is 0 Å². The number of nitrogen functional groups attached to an aromatic ring is 1. The SMILES string of the molecule is Nc1cccc2oc(-c3coc4ccccc34)nc12. The second-order valence-corrected chi connectivity index (χ2v) is 4.36. The maximum absolute atomic E-state index is 5.89. The van der Waals surface area contributed by atoms with Crippen LogP contribution in [-0.2, 0) is 0 Å². The Kier molecular flexibility index (Phi) is 1.94. The van der Waals surface area contributed by atoms with Gasteiger partial charge in [0.1, 0.15) is 17.4 Å². The first-order valence-electron chi connectivity index (χ1n) is 5.94. The van der Waals surface area contributed by atoms with Gasteiger partial charge >= 0.3 is 0 Å². The van der Waals surface area contributed by atoms with Gasteiger partial charge in [0, 0.05) is 5.39 Å². The normalized spacial score (nSPS) is 11.4. The quantitative estimate of drug-likeness (QED) is 0.521. The number of benzene rings is 2. The Morgan fingerprint density at radius 2 is 1.79 bits per heavy atom. The zero-order valence-electron chi connectivity index (χ0n) is 9.96. The summed E-state index contributed by atoms with van der Waals surface area (Å²) >= 11 is 0. The van der Waals surface area contributed by atoms with E-state index in [0.29, 0.717) is 22.7 Å². The van der Waals surface area contributed by atoms with Crippen molar-refractivity contribution in [2.75, 3.05) is 5.73 Å². The van der Waals surface area contributed by atoms with Crippen LogP contribution in [0.3, 0.4) is 0 Å². The van der Waals surface area contributed by atoms with Crippen LogP contribution in [0.2, 0.25) is 0 Å². The van der Waals surface area contributed by atoms with Crippen LogP contribution in [0.15, 0.2) is 57.6 Å². The number of furan rings is 1. The van der Waals surface area contributed by atoms with Gasteiger partial charge in [0.25, 0.3) is 0 Å². The van der Waals surface area contributed by atoms with Crippen LogP contribution in [0.1, 0.15) is 0 Å². The van der Waals surface area contributed by atoms with Gasteiger partial charge in [-0.1, -0.05) is 24.3 Å². The second kappa shape index (κ2) is 3.62. The number of fused-ring (bicyclic) bond motifs is 2. The van der Waals surface area contributed by atoms with Crippen LogP contribution in [-0.4, -0.2) is 4.98 Å². The van der Waals surface area contributed by atoms with E-state index in [2.05, 4.69) is 4.98 Å². The molecule has 0 spiro atoms.